The van der Waals surface area contributed by atoms with E-state index in [9.17, 15) is 9.90 Å². The molecule has 1 aliphatic rings. The fraction of sp³-hybridized carbons (Fsp3) is 0.571. The topological polar surface area (TPSA) is 53.6 Å². The molecule has 1 aromatic heterocycles. The lowest BCUT2D eigenvalue weighted by Gasteiger charge is -2.43. The van der Waals surface area contributed by atoms with Crippen molar-refractivity contribution in [2.45, 2.75) is 45.8 Å². The van der Waals surface area contributed by atoms with E-state index < -0.39 is 0 Å². The molecule has 1 unspecified atom stereocenters. The average Bonchev–Trinajstić information content (AvgIpc) is 2.86. The second-order valence-electron chi connectivity index (χ2n) is 7.77. The van der Waals surface area contributed by atoms with Crippen molar-refractivity contribution in [3.05, 3.63) is 51.9 Å². The van der Waals surface area contributed by atoms with Crippen LogP contribution in [0.3, 0.4) is 0 Å². The lowest BCUT2D eigenvalue weighted by atomic mass is 10.1. The minimum atomic E-state index is 0.0613. The first kappa shape index (κ1) is 19.9. The van der Waals surface area contributed by atoms with Crippen molar-refractivity contribution in [1.29, 1.82) is 0 Å². The third-order valence-electron chi connectivity index (χ3n) is 5.79. The van der Waals surface area contributed by atoms with Crippen LogP contribution < -0.4 is 5.56 Å². The summed E-state index contributed by atoms with van der Waals surface area (Å²) in [6, 6.07) is 10.6. The molecule has 1 aromatic carbocycles. The molecule has 3 rings (SSSR count). The standard InChI is InChI=1S/C21H32N4O2/c1-16(2)24-12-11-23(14-19(24)10-13-26)15-20-17(3)22(4)25(21(20)27)18-8-6-5-7-9-18/h5-9,16,19,26H,10-15H2,1-4H3. The van der Waals surface area contributed by atoms with Crippen molar-refractivity contribution in [2.24, 2.45) is 7.05 Å². The normalized spacial score (nSPS) is 19.1. The Hall–Kier alpha value is -1.89. The Morgan fingerprint density at radius 2 is 1.89 bits per heavy atom. The Morgan fingerprint density at radius 1 is 1.19 bits per heavy atom. The molecule has 0 saturated carbocycles. The molecular formula is C21H32N4O2. The quantitative estimate of drug-likeness (QED) is 0.840. The van der Waals surface area contributed by atoms with Crippen LogP contribution in [0.5, 0.6) is 0 Å². The van der Waals surface area contributed by atoms with E-state index in [1.807, 2.05) is 49.0 Å². The van der Waals surface area contributed by atoms with Crippen molar-refractivity contribution in [1.82, 2.24) is 19.2 Å². The molecule has 27 heavy (non-hydrogen) atoms. The van der Waals surface area contributed by atoms with E-state index >= 15 is 0 Å². The van der Waals surface area contributed by atoms with Gasteiger partial charge in [-0.3, -0.25) is 19.3 Å². The van der Waals surface area contributed by atoms with E-state index in [4.69, 9.17) is 0 Å². The zero-order chi connectivity index (χ0) is 19.6. The van der Waals surface area contributed by atoms with Gasteiger partial charge in [0.25, 0.3) is 5.56 Å². The van der Waals surface area contributed by atoms with Crippen LogP contribution in [0.2, 0.25) is 0 Å². The monoisotopic (exact) mass is 372 g/mol. The third kappa shape index (κ3) is 4.03. The Morgan fingerprint density at radius 3 is 2.52 bits per heavy atom. The molecule has 1 fully saturated rings. The average molecular weight is 373 g/mol. The van der Waals surface area contributed by atoms with Crippen LogP contribution >= 0.6 is 0 Å². The van der Waals surface area contributed by atoms with E-state index in [0.717, 1.165) is 43.0 Å². The van der Waals surface area contributed by atoms with Gasteiger partial charge in [-0.1, -0.05) is 18.2 Å². The summed E-state index contributed by atoms with van der Waals surface area (Å²) >= 11 is 0. The maximum atomic E-state index is 13.1. The number of aromatic nitrogens is 2. The molecular weight excluding hydrogens is 340 g/mol. The first-order valence-electron chi connectivity index (χ1n) is 9.86. The summed E-state index contributed by atoms with van der Waals surface area (Å²) in [5.41, 5.74) is 2.82. The van der Waals surface area contributed by atoms with E-state index in [-0.39, 0.29) is 12.2 Å². The predicted octanol–water partition coefficient (Wildman–Crippen LogP) is 1.76. The van der Waals surface area contributed by atoms with Crippen LogP contribution in [0.1, 0.15) is 31.5 Å². The van der Waals surface area contributed by atoms with Crippen LogP contribution in [0.4, 0.5) is 0 Å². The van der Waals surface area contributed by atoms with Crippen LogP contribution in [-0.2, 0) is 13.6 Å². The number of aliphatic hydroxyl groups is 1. The number of piperazine rings is 1. The van der Waals surface area contributed by atoms with Crippen molar-refractivity contribution in [3.8, 4) is 5.69 Å². The van der Waals surface area contributed by atoms with Gasteiger partial charge in [0.2, 0.25) is 0 Å². The molecule has 1 saturated heterocycles. The highest BCUT2D eigenvalue weighted by Gasteiger charge is 2.29. The lowest BCUT2D eigenvalue weighted by Crippen LogP contribution is -2.55. The molecule has 148 valence electrons. The van der Waals surface area contributed by atoms with E-state index in [1.54, 1.807) is 4.68 Å². The summed E-state index contributed by atoms with van der Waals surface area (Å²) in [5.74, 6) is 0. The number of rotatable bonds is 6. The molecule has 1 aliphatic heterocycles. The lowest BCUT2D eigenvalue weighted by molar-refractivity contribution is 0.0347. The highest BCUT2D eigenvalue weighted by Crippen LogP contribution is 2.19. The molecule has 6 heteroatoms. The number of para-hydroxylation sites is 1. The van der Waals surface area contributed by atoms with Crippen LogP contribution in [0.25, 0.3) is 5.69 Å². The SMILES string of the molecule is Cc1c(CN2CCN(C(C)C)C(CCO)C2)c(=O)n(-c2ccccc2)n1C. The molecule has 0 spiro atoms. The number of benzene rings is 1. The van der Waals surface area contributed by atoms with E-state index in [2.05, 4.69) is 23.6 Å². The van der Waals surface area contributed by atoms with E-state index in [1.165, 1.54) is 0 Å². The summed E-state index contributed by atoms with van der Waals surface area (Å²) in [4.78, 5) is 18.0. The van der Waals surface area contributed by atoms with E-state index in [0.29, 0.717) is 18.6 Å². The van der Waals surface area contributed by atoms with Crippen LogP contribution in [0.15, 0.2) is 35.1 Å². The summed E-state index contributed by atoms with van der Waals surface area (Å²) < 4.78 is 3.70. The molecule has 6 nitrogen and oxygen atoms in total. The fourth-order valence-electron chi connectivity index (χ4n) is 4.19. The van der Waals surface area contributed by atoms with Gasteiger partial charge in [0.05, 0.1) is 11.3 Å². The smallest absolute Gasteiger partial charge is 0.276 e. The molecule has 1 N–H and O–H groups in total. The summed E-state index contributed by atoms with van der Waals surface area (Å²) in [6.07, 6.45) is 0.775. The molecule has 0 bridgehead atoms. The molecule has 0 radical (unpaired) electrons. The third-order valence-corrected chi connectivity index (χ3v) is 5.79. The van der Waals surface area contributed by atoms with Gasteiger partial charge in [-0.05, 0) is 39.3 Å². The summed E-state index contributed by atoms with van der Waals surface area (Å²) in [7, 11) is 1.94. The number of nitrogens with zero attached hydrogens (tertiary/aromatic N) is 4. The highest BCUT2D eigenvalue weighted by molar-refractivity contribution is 5.33. The summed E-state index contributed by atoms with van der Waals surface area (Å²) in [6.45, 7) is 10.1. The molecule has 0 amide bonds. The predicted molar refractivity (Wildman–Crippen MR) is 108 cm³/mol. The van der Waals surface area contributed by atoms with Gasteiger partial charge in [-0.15, -0.1) is 0 Å². The van der Waals surface area contributed by atoms with Crippen LogP contribution in [-0.4, -0.2) is 62.6 Å². The fourth-order valence-corrected chi connectivity index (χ4v) is 4.19. The largest absolute Gasteiger partial charge is 0.396 e. The molecule has 2 aromatic rings. The van der Waals surface area contributed by atoms with Gasteiger partial charge in [0.1, 0.15) is 0 Å². The van der Waals surface area contributed by atoms with Crippen molar-refractivity contribution < 1.29 is 5.11 Å². The Kier molecular flexibility index (Phi) is 6.19. The van der Waals surface area contributed by atoms with Crippen LogP contribution in [0, 0.1) is 6.92 Å². The number of hydrogen-bond donors (Lipinski definition) is 1. The molecule has 2 heterocycles. The maximum absolute atomic E-state index is 13.1. The second kappa shape index (κ2) is 8.42. The minimum absolute atomic E-state index is 0.0613. The Balaban J connectivity index is 1.83. The van der Waals surface area contributed by atoms with Gasteiger partial charge in [0, 0.05) is 57.6 Å². The number of aliphatic hydroxyl groups excluding tert-OH is 1. The minimum Gasteiger partial charge on any atom is -0.396 e. The molecule has 1 atom stereocenters. The van der Waals surface area contributed by atoms with Gasteiger partial charge < -0.3 is 5.11 Å². The number of hydrogen-bond acceptors (Lipinski definition) is 4. The van der Waals surface area contributed by atoms with Crippen molar-refractivity contribution >= 4 is 0 Å². The highest BCUT2D eigenvalue weighted by atomic mass is 16.3. The molecule has 0 aliphatic carbocycles. The second-order valence-corrected chi connectivity index (χ2v) is 7.77. The first-order valence-corrected chi connectivity index (χ1v) is 9.86. The maximum Gasteiger partial charge on any atom is 0.276 e. The van der Waals surface area contributed by atoms with Gasteiger partial charge in [0.15, 0.2) is 0 Å². The van der Waals surface area contributed by atoms with Crippen molar-refractivity contribution in [3.63, 3.8) is 0 Å². The van der Waals surface area contributed by atoms with Gasteiger partial charge in [-0.25, -0.2) is 4.68 Å². The zero-order valence-electron chi connectivity index (χ0n) is 16.9. The Labute approximate surface area is 161 Å². The van der Waals surface area contributed by atoms with Gasteiger partial charge >= 0.3 is 0 Å². The van der Waals surface area contributed by atoms with Crippen molar-refractivity contribution in [2.75, 3.05) is 26.2 Å². The Bertz CT molecular complexity index is 810. The first-order chi connectivity index (χ1) is 12.9. The van der Waals surface area contributed by atoms with Gasteiger partial charge in [-0.2, -0.15) is 0 Å². The summed E-state index contributed by atoms with van der Waals surface area (Å²) in [5, 5.41) is 9.45. The zero-order valence-corrected chi connectivity index (χ0v) is 16.9.